The summed E-state index contributed by atoms with van der Waals surface area (Å²) in [5.41, 5.74) is 1.70. The molecule has 11 heteroatoms. The maximum atomic E-state index is 13.1. The van der Waals surface area contributed by atoms with Crippen LogP contribution >= 0.6 is 34.4 Å². The minimum absolute atomic E-state index is 0.109. The lowest BCUT2D eigenvalue weighted by molar-refractivity contribution is -0.130. The molecule has 0 radical (unpaired) electrons. The Morgan fingerprint density at radius 2 is 2.15 bits per heavy atom. The van der Waals surface area contributed by atoms with Crippen molar-refractivity contribution in [2.24, 2.45) is 5.10 Å². The van der Waals surface area contributed by atoms with Crippen LogP contribution in [0, 0.1) is 0 Å². The van der Waals surface area contributed by atoms with E-state index < -0.39 is 0 Å². The van der Waals surface area contributed by atoms with E-state index in [2.05, 4.69) is 20.6 Å². The molecule has 1 aromatic carbocycles. The first kappa shape index (κ1) is 21.7. The zero-order chi connectivity index (χ0) is 22.6. The first-order valence-corrected chi connectivity index (χ1v) is 12.7. The molecule has 0 bridgehead atoms. The topological polar surface area (TPSA) is 92.8 Å². The van der Waals surface area contributed by atoms with E-state index in [0.717, 1.165) is 27.8 Å². The van der Waals surface area contributed by atoms with Crippen molar-refractivity contribution in [2.45, 2.75) is 16.8 Å². The van der Waals surface area contributed by atoms with Crippen molar-refractivity contribution >= 4 is 56.9 Å². The predicted octanol–water partition coefficient (Wildman–Crippen LogP) is 5.41. The average molecular weight is 498 g/mol. The fourth-order valence-corrected chi connectivity index (χ4v) is 5.74. The number of amides is 1. The fourth-order valence-electron chi connectivity index (χ4n) is 3.41. The number of thioether (sulfide) groups is 1. The molecule has 1 N–H and O–H groups in total. The number of para-hydroxylation sites is 2. The van der Waals surface area contributed by atoms with Crippen LogP contribution in [-0.4, -0.2) is 39.7 Å². The Bertz CT molecular complexity index is 1250. The SMILES string of the molecule is COc1ccccc1Nc1nnc(SCC(=O)N2N=C(c3cccs3)C[C@H]2c2ccco2)s1. The van der Waals surface area contributed by atoms with E-state index in [9.17, 15) is 4.79 Å². The van der Waals surface area contributed by atoms with Crippen molar-refractivity contribution < 1.29 is 13.9 Å². The maximum Gasteiger partial charge on any atom is 0.253 e. The molecular formula is C22H19N5O3S3. The van der Waals surface area contributed by atoms with E-state index in [-0.39, 0.29) is 17.7 Å². The van der Waals surface area contributed by atoms with Crippen LogP contribution in [0.4, 0.5) is 10.8 Å². The normalized spacial score (nSPS) is 15.5. The molecule has 33 heavy (non-hydrogen) atoms. The lowest BCUT2D eigenvalue weighted by Crippen LogP contribution is -2.28. The fraction of sp³-hybridized carbons (Fsp3) is 0.182. The van der Waals surface area contributed by atoms with Gasteiger partial charge in [-0.3, -0.25) is 4.79 Å². The summed E-state index contributed by atoms with van der Waals surface area (Å²) in [5.74, 6) is 1.53. The molecule has 3 aromatic heterocycles. The third kappa shape index (κ3) is 4.80. The molecule has 4 heterocycles. The third-order valence-corrected chi connectivity index (χ3v) is 7.79. The van der Waals surface area contributed by atoms with Gasteiger partial charge < -0.3 is 14.5 Å². The number of hydrogen-bond acceptors (Lipinski definition) is 10. The van der Waals surface area contributed by atoms with Gasteiger partial charge in [-0.1, -0.05) is 41.3 Å². The Labute approximate surface area is 202 Å². The number of benzene rings is 1. The molecule has 0 fully saturated rings. The molecule has 168 valence electrons. The van der Waals surface area contributed by atoms with E-state index in [1.54, 1.807) is 24.7 Å². The van der Waals surface area contributed by atoms with E-state index in [4.69, 9.17) is 9.15 Å². The Kier molecular flexibility index (Phi) is 6.42. The second kappa shape index (κ2) is 9.77. The van der Waals surface area contributed by atoms with Gasteiger partial charge in [0, 0.05) is 6.42 Å². The molecule has 8 nitrogen and oxygen atoms in total. The van der Waals surface area contributed by atoms with Crippen molar-refractivity contribution in [3.63, 3.8) is 0 Å². The highest BCUT2D eigenvalue weighted by atomic mass is 32.2. The lowest BCUT2D eigenvalue weighted by Gasteiger charge is -2.19. The minimum atomic E-state index is -0.248. The number of aromatic nitrogens is 2. The zero-order valence-electron chi connectivity index (χ0n) is 17.5. The maximum absolute atomic E-state index is 13.1. The van der Waals surface area contributed by atoms with Crippen LogP contribution in [0.15, 0.2) is 74.0 Å². The number of hydrazone groups is 1. The van der Waals surface area contributed by atoms with Crippen molar-refractivity contribution in [1.82, 2.24) is 15.2 Å². The summed E-state index contributed by atoms with van der Waals surface area (Å²) in [5, 5.41) is 20.4. The first-order chi connectivity index (χ1) is 16.2. The van der Waals surface area contributed by atoms with Gasteiger partial charge in [-0.15, -0.1) is 21.5 Å². The number of methoxy groups -OCH3 is 1. The summed E-state index contributed by atoms with van der Waals surface area (Å²) in [7, 11) is 1.62. The quantitative estimate of drug-likeness (QED) is 0.325. The molecule has 1 atom stereocenters. The van der Waals surface area contributed by atoms with Crippen molar-refractivity contribution in [1.29, 1.82) is 0 Å². The van der Waals surface area contributed by atoms with E-state index in [1.807, 2.05) is 53.9 Å². The van der Waals surface area contributed by atoms with Gasteiger partial charge in [0.05, 0.1) is 35.4 Å². The summed E-state index contributed by atoms with van der Waals surface area (Å²) < 4.78 is 11.6. The van der Waals surface area contributed by atoms with E-state index >= 15 is 0 Å². The number of nitrogens with one attached hydrogen (secondary N) is 1. The number of thiophene rings is 1. The first-order valence-electron chi connectivity index (χ1n) is 10.0. The number of nitrogens with zero attached hydrogens (tertiary/aromatic N) is 4. The van der Waals surface area contributed by atoms with Gasteiger partial charge >= 0.3 is 0 Å². The highest BCUT2D eigenvalue weighted by Gasteiger charge is 2.35. The second-order valence-corrected chi connectivity index (χ2v) is 10.1. The highest BCUT2D eigenvalue weighted by molar-refractivity contribution is 8.01. The number of anilines is 2. The van der Waals surface area contributed by atoms with Crippen LogP contribution in [-0.2, 0) is 4.79 Å². The van der Waals surface area contributed by atoms with Crippen LogP contribution in [0.25, 0.3) is 0 Å². The monoisotopic (exact) mass is 497 g/mol. The van der Waals surface area contributed by atoms with Gasteiger partial charge in [0.1, 0.15) is 17.6 Å². The Balaban J connectivity index is 1.26. The number of ether oxygens (including phenoxy) is 1. The third-order valence-electron chi connectivity index (χ3n) is 4.92. The molecule has 1 aliphatic heterocycles. The van der Waals surface area contributed by atoms with Gasteiger partial charge in [0.2, 0.25) is 5.13 Å². The van der Waals surface area contributed by atoms with Crippen LogP contribution in [0.1, 0.15) is 23.1 Å². The van der Waals surface area contributed by atoms with Crippen molar-refractivity contribution in [2.75, 3.05) is 18.2 Å². The average Bonchev–Trinajstić information content (AvgIpc) is 3.63. The molecule has 0 saturated carbocycles. The molecular weight excluding hydrogens is 478 g/mol. The molecule has 0 aliphatic carbocycles. The number of furan rings is 1. The standard InChI is InChI=1S/C22H19N5O3S3/c1-29-17-7-3-2-6-14(17)23-21-24-25-22(33-21)32-13-20(28)27-16(18-8-4-10-30-18)12-15(26-27)19-9-5-11-31-19/h2-11,16H,12-13H2,1H3,(H,23,24)/t16-/m0/s1. The molecule has 1 amide bonds. The number of hydrogen-bond donors (Lipinski definition) is 1. The summed E-state index contributed by atoms with van der Waals surface area (Å²) >= 11 is 4.33. The van der Waals surface area contributed by atoms with Crippen LogP contribution < -0.4 is 10.1 Å². The molecule has 1 aliphatic rings. The smallest absolute Gasteiger partial charge is 0.253 e. The number of carbonyl (C=O) groups is 1. The minimum Gasteiger partial charge on any atom is -0.495 e. The van der Waals surface area contributed by atoms with Gasteiger partial charge in [-0.2, -0.15) is 5.10 Å². The zero-order valence-corrected chi connectivity index (χ0v) is 20.0. The second-order valence-electron chi connectivity index (χ2n) is 6.98. The Hall–Kier alpha value is -3.15. The largest absolute Gasteiger partial charge is 0.495 e. The van der Waals surface area contributed by atoms with Gasteiger partial charge in [0.25, 0.3) is 5.91 Å². The van der Waals surface area contributed by atoms with Gasteiger partial charge in [-0.05, 0) is 35.7 Å². The molecule has 5 rings (SSSR count). The van der Waals surface area contributed by atoms with Crippen LogP contribution in [0.5, 0.6) is 5.75 Å². The van der Waals surface area contributed by atoms with E-state index in [0.29, 0.717) is 15.9 Å². The van der Waals surface area contributed by atoms with Gasteiger partial charge in [0.15, 0.2) is 4.34 Å². The highest BCUT2D eigenvalue weighted by Crippen LogP contribution is 2.36. The van der Waals surface area contributed by atoms with Gasteiger partial charge in [-0.25, -0.2) is 5.01 Å². The number of rotatable bonds is 8. The summed E-state index contributed by atoms with van der Waals surface area (Å²) in [4.78, 5) is 14.2. The van der Waals surface area contributed by atoms with Crippen molar-refractivity contribution in [3.8, 4) is 5.75 Å². The van der Waals surface area contributed by atoms with Crippen LogP contribution in [0.2, 0.25) is 0 Å². The molecule has 0 saturated heterocycles. The predicted molar refractivity (Wildman–Crippen MR) is 131 cm³/mol. The summed E-state index contributed by atoms with van der Waals surface area (Å²) in [6.45, 7) is 0. The Morgan fingerprint density at radius 3 is 2.94 bits per heavy atom. The summed E-state index contributed by atoms with van der Waals surface area (Å²) in [6.07, 6.45) is 2.24. The molecule has 0 spiro atoms. The molecule has 4 aromatic rings. The lowest BCUT2D eigenvalue weighted by atomic mass is 10.1. The van der Waals surface area contributed by atoms with Crippen LogP contribution in [0.3, 0.4) is 0 Å². The van der Waals surface area contributed by atoms with Crippen molar-refractivity contribution in [3.05, 3.63) is 70.8 Å². The van der Waals surface area contributed by atoms with E-state index in [1.165, 1.54) is 28.1 Å². The summed E-state index contributed by atoms with van der Waals surface area (Å²) in [6, 6.07) is 15.0. The number of carbonyl (C=O) groups excluding carboxylic acids is 1. The Morgan fingerprint density at radius 1 is 1.24 bits per heavy atom. The molecule has 0 unspecified atom stereocenters.